The fraction of sp³-hybridized carbons (Fsp3) is 0.316. The Morgan fingerprint density at radius 1 is 1.38 bits per heavy atom. The van der Waals surface area contributed by atoms with Crippen molar-refractivity contribution >= 4 is 23.2 Å². The van der Waals surface area contributed by atoms with Crippen LogP contribution in [0.4, 0.5) is 5.69 Å². The first-order chi connectivity index (χ1) is 11.5. The summed E-state index contributed by atoms with van der Waals surface area (Å²) in [5, 5.41) is 13.4. The van der Waals surface area contributed by atoms with E-state index in [0.29, 0.717) is 16.5 Å². The Morgan fingerprint density at radius 2 is 2.21 bits per heavy atom. The zero-order chi connectivity index (χ0) is 17.1. The Bertz CT molecular complexity index is 760. The third-order valence-corrected chi connectivity index (χ3v) is 4.65. The van der Waals surface area contributed by atoms with E-state index in [9.17, 15) is 9.90 Å². The molecule has 0 heterocycles. The standard InChI is InChI=1S/C19H20ClNO3/c1-12-8-9-13(10-16(12)20)21-19(23)11-24-18-7-3-4-14-15(18)5-2-6-17(14)22/h3-4,7-10,17,22H,2,5-6,11H2,1H3,(H,21,23). The zero-order valence-electron chi connectivity index (χ0n) is 13.5. The summed E-state index contributed by atoms with van der Waals surface area (Å²) < 4.78 is 5.68. The van der Waals surface area contributed by atoms with Crippen LogP contribution in [0.1, 0.15) is 35.6 Å². The third-order valence-electron chi connectivity index (χ3n) is 4.25. The van der Waals surface area contributed by atoms with E-state index in [1.165, 1.54) is 0 Å². The van der Waals surface area contributed by atoms with E-state index < -0.39 is 6.10 Å². The average molecular weight is 346 g/mol. The number of carbonyl (C=O) groups excluding carboxylic acids is 1. The van der Waals surface area contributed by atoms with Crippen LogP contribution in [0.25, 0.3) is 0 Å². The number of aliphatic hydroxyl groups is 1. The predicted molar refractivity (Wildman–Crippen MR) is 94.7 cm³/mol. The molecule has 126 valence electrons. The van der Waals surface area contributed by atoms with Crippen LogP contribution in [0.3, 0.4) is 0 Å². The van der Waals surface area contributed by atoms with E-state index in [4.69, 9.17) is 16.3 Å². The Morgan fingerprint density at radius 3 is 3.00 bits per heavy atom. The van der Waals surface area contributed by atoms with Gasteiger partial charge in [0.15, 0.2) is 6.61 Å². The molecule has 2 aromatic rings. The normalized spacial score (nSPS) is 16.4. The molecule has 0 saturated carbocycles. The van der Waals surface area contributed by atoms with E-state index in [1.807, 2.05) is 31.2 Å². The van der Waals surface area contributed by atoms with E-state index in [1.54, 1.807) is 12.1 Å². The van der Waals surface area contributed by atoms with Gasteiger partial charge in [0.2, 0.25) is 0 Å². The highest BCUT2D eigenvalue weighted by Gasteiger charge is 2.21. The number of halogens is 1. The Hall–Kier alpha value is -2.04. The molecule has 0 bridgehead atoms. The minimum atomic E-state index is -0.444. The first-order valence-electron chi connectivity index (χ1n) is 8.03. The summed E-state index contributed by atoms with van der Waals surface area (Å²) in [4.78, 5) is 12.1. The van der Waals surface area contributed by atoms with Crippen molar-refractivity contribution in [3.05, 3.63) is 58.1 Å². The maximum Gasteiger partial charge on any atom is 0.262 e. The molecule has 24 heavy (non-hydrogen) atoms. The molecule has 1 amide bonds. The predicted octanol–water partition coefficient (Wildman–Crippen LogP) is 4.04. The summed E-state index contributed by atoms with van der Waals surface area (Å²) in [5.41, 5.74) is 3.51. The fourth-order valence-electron chi connectivity index (χ4n) is 2.94. The van der Waals surface area contributed by atoms with Crippen LogP contribution in [0, 0.1) is 6.92 Å². The first kappa shape index (κ1) is 16.8. The molecule has 0 aromatic heterocycles. The van der Waals surface area contributed by atoms with Gasteiger partial charge in [-0.2, -0.15) is 0 Å². The van der Waals surface area contributed by atoms with Crippen molar-refractivity contribution in [1.29, 1.82) is 0 Å². The molecule has 2 N–H and O–H groups in total. The molecule has 0 spiro atoms. The van der Waals surface area contributed by atoms with Crippen LogP contribution in [0.5, 0.6) is 5.75 Å². The summed E-state index contributed by atoms with van der Waals surface area (Å²) in [7, 11) is 0. The van der Waals surface area contributed by atoms with Crippen molar-refractivity contribution in [2.75, 3.05) is 11.9 Å². The number of rotatable bonds is 4. The van der Waals surface area contributed by atoms with Gasteiger partial charge in [-0.25, -0.2) is 0 Å². The fourth-order valence-corrected chi connectivity index (χ4v) is 3.12. The van der Waals surface area contributed by atoms with Gasteiger partial charge in [0.05, 0.1) is 6.10 Å². The number of anilines is 1. The van der Waals surface area contributed by atoms with Crippen molar-refractivity contribution < 1.29 is 14.6 Å². The van der Waals surface area contributed by atoms with E-state index in [-0.39, 0.29) is 12.5 Å². The van der Waals surface area contributed by atoms with Crippen LogP contribution >= 0.6 is 11.6 Å². The quantitative estimate of drug-likeness (QED) is 0.879. The Kier molecular flexibility index (Phi) is 5.07. The van der Waals surface area contributed by atoms with E-state index in [2.05, 4.69) is 5.32 Å². The average Bonchev–Trinajstić information content (AvgIpc) is 2.57. The van der Waals surface area contributed by atoms with Gasteiger partial charge in [-0.15, -0.1) is 0 Å². The van der Waals surface area contributed by atoms with Crippen molar-refractivity contribution in [2.24, 2.45) is 0 Å². The number of carbonyl (C=O) groups is 1. The molecule has 2 aromatic carbocycles. The lowest BCUT2D eigenvalue weighted by Crippen LogP contribution is -2.21. The number of fused-ring (bicyclic) bond motifs is 1. The molecule has 0 radical (unpaired) electrons. The summed E-state index contributed by atoms with van der Waals surface area (Å²) in [6, 6.07) is 11.0. The number of hydrogen-bond acceptors (Lipinski definition) is 3. The maximum absolute atomic E-state index is 12.1. The van der Waals surface area contributed by atoms with Gasteiger partial charge in [0.25, 0.3) is 5.91 Å². The van der Waals surface area contributed by atoms with E-state index in [0.717, 1.165) is 36.0 Å². The summed E-state index contributed by atoms with van der Waals surface area (Å²) in [6.07, 6.45) is 2.10. The van der Waals surface area contributed by atoms with Gasteiger partial charge in [0.1, 0.15) is 5.75 Å². The Balaban J connectivity index is 1.64. The lowest BCUT2D eigenvalue weighted by atomic mass is 9.89. The van der Waals surface area contributed by atoms with Crippen molar-refractivity contribution in [2.45, 2.75) is 32.3 Å². The minimum Gasteiger partial charge on any atom is -0.483 e. The highest BCUT2D eigenvalue weighted by molar-refractivity contribution is 6.31. The van der Waals surface area contributed by atoms with E-state index >= 15 is 0 Å². The first-order valence-corrected chi connectivity index (χ1v) is 8.41. The molecule has 5 heteroatoms. The molecule has 0 saturated heterocycles. The molecule has 1 unspecified atom stereocenters. The number of amides is 1. The molecular formula is C19H20ClNO3. The van der Waals surface area contributed by atoms with Crippen molar-refractivity contribution in [3.63, 3.8) is 0 Å². The Labute approximate surface area is 146 Å². The van der Waals surface area contributed by atoms with Crippen LogP contribution in [-0.2, 0) is 11.2 Å². The molecule has 1 atom stereocenters. The van der Waals surface area contributed by atoms with Crippen LogP contribution in [0.2, 0.25) is 5.02 Å². The maximum atomic E-state index is 12.1. The van der Waals surface area contributed by atoms with Crippen molar-refractivity contribution in [1.82, 2.24) is 0 Å². The lowest BCUT2D eigenvalue weighted by Gasteiger charge is -2.23. The molecule has 1 aliphatic rings. The SMILES string of the molecule is Cc1ccc(NC(=O)COc2cccc3c2CCCC3O)cc1Cl. The number of aryl methyl sites for hydroxylation is 1. The number of nitrogens with one attached hydrogen (secondary N) is 1. The molecule has 4 nitrogen and oxygen atoms in total. The number of hydrogen-bond donors (Lipinski definition) is 2. The van der Waals surface area contributed by atoms with Gasteiger partial charge in [-0.05, 0) is 61.1 Å². The largest absolute Gasteiger partial charge is 0.483 e. The van der Waals surface area contributed by atoms with Crippen LogP contribution in [-0.4, -0.2) is 17.6 Å². The minimum absolute atomic E-state index is 0.0853. The molecule has 1 aliphatic carbocycles. The lowest BCUT2D eigenvalue weighted by molar-refractivity contribution is -0.118. The second-order valence-electron chi connectivity index (χ2n) is 6.03. The second-order valence-corrected chi connectivity index (χ2v) is 6.44. The summed E-state index contributed by atoms with van der Waals surface area (Å²) in [6.45, 7) is 1.82. The number of benzene rings is 2. The molecule has 3 rings (SSSR count). The van der Waals surface area contributed by atoms with Gasteiger partial charge < -0.3 is 15.2 Å². The third kappa shape index (κ3) is 3.71. The zero-order valence-corrected chi connectivity index (χ0v) is 14.3. The van der Waals surface area contributed by atoms with Crippen LogP contribution in [0.15, 0.2) is 36.4 Å². The monoisotopic (exact) mass is 345 g/mol. The van der Waals surface area contributed by atoms with Gasteiger partial charge in [0, 0.05) is 10.7 Å². The summed E-state index contributed by atoms with van der Waals surface area (Å²) >= 11 is 6.06. The molecular weight excluding hydrogens is 326 g/mol. The second kappa shape index (κ2) is 7.24. The van der Waals surface area contributed by atoms with Crippen molar-refractivity contribution in [3.8, 4) is 5.75 Å². The highest BCUT2D eigenvalue weighted by Crippen LogP contribution is 2.35. The van der Waals surface area contributed by atoms with Gasteiger partial charge in [-0.1, -0.05) is 29.8 Å². The summed E-state index contributed by atoms with van der Waals surface area (Å²) in [5.74, 6) is 0.423. The van der Waals surface area contributed by atoms with Gasteiger partial charge >= 0.3 is 0 Å². The topological polar surface area (TPSA) is 58.6 Å². The molecule has 0 aliphatic heterocycles. The highest BCUT2D eigenvalue weighted by atomic mass is 35.5. The number of aliphatic hydroxyl groups excluding tert-OH is 1. The van der Waals surface area contributed by atoms with Crippen LogP contribution < -0.4 is 10.1 Å². The smallest absolute Gasteiger partial charge is 0.262 e. The molecule has 0 fully saturated rings. The number of ether oxygens (including phenoxy) is 1. The van der Waals surface area contributed by atoms with Gasteiger partial charge in [-0.3, -0.25) is 4.79 Å².